The molecular weight excluding hydrogens is 250 g/mol. The molecule has 5 heteroatoms. The first kappa shape index (κ1) is 15.4. The van der Waals surface area contributed by atoms with Crippen LogP contribution in [0.4, 0.5) is 14.5 Å². The number of nitrogens with one attached hydrogen (secondary N) is 2. The minimum absolute atomic E-state index is 0.0314. The molecule has 0 aliphatic carbocycles. The highest BCUT2D eigenvalue weighted by atomic mass is 19.1. The Hall–Kier alpha value is -1.65. The minimum Gasteiger partial charge on any atom is -0.369 e. The molecule has 2 N–H and O–H groups in total. The number of rotatable bonds is 5. The van der Waals surface area contributed by atoms with Gasteiger partial charge in [-0.2, -0.15) is 0 Å². The fraction of sp³-hybridized carbons (Fsp3) is 0.500. The lowest BCUT2D eigenvalue weighted by molar-refractivity contribution is -0.122. The van der Waals surface area contributed by atoms with E-state index in [1.54, 1.807) is 13.8 Å². The van der Waals surface area contributed by atoms with Crippen molar-refractivity contribution in [1.82, 2.24) is 5.32 Å². The molecule has 0 heterocycles. The van der Waals surface area contributed by atoms with Crippen LogP contribution in [0.15, 0.2) is 12.1 Å². The quantitative estimate of drug-likeness (QED) is 0.863. The summed E-state index contributed by atoms with van der Waals surface area (Å²) in [6.45, 7) is 6.93. The molecule has 3 nitrogen and oxygen atoms in total. The molecule has 1 aromatic rings. The maximum absolute atomic E-state index is 13.8. The van der Waals surface area contributed by atoms with Gasteiger partial charge in [0.25, 0.3) is 0 Å². The van der Waals surface area contributed by atoms with E-state index < -0.39 is 17.7 Å². The zero-order valence-electron chi connectivity index (χ0n) is 11.7. The molecule has 19 heavy (non-hydrogen) atoms. The maximum atomic E-state index is 13.8. The Morgan fingerprint density at radius 2 is 1.95 bits per heavy atom. The summed E-state index contributed by atoms with van der Waals surface area (Å²) < 4.78 is 27.3. The van der Waals surface area contributed by atoms with Gasteiger partial charge in [-0.1, -0.05) is 13.0 Å². The number of benzene rings is 1. The van der Waals surface area contributed by atoms with E-state index in [0.29, 0.717) is 5.56 Å². The average molecular weight is 270 g/mol. The van der Waals surface area contributed by atoms with Crippen molar-refractivity contribution >= 4 is 11.6 Å². The Labute approximate surface area is 112 Å². The van der Waals surface area contributed by atoms with Crippen LogP contribution < -0.4 is 10.6 Å². The highest BCUT2D eigenvalue weighted by Crippen LogP contribution is 2.22. The Morgan fingerprint density at radius 3 is 2.53 bits per heavy atom. The van der Waals surface area contributed by atoms with Crippen molar-refractivity contribution in [2.75, 3.05) is 5.32 Å². The number of amides is 1. The smallest absolute Gasteiger partial charge is 0.242 e. The van der Waals surface area contributed by atoms with Gasteiger partial charge in [-0.3, -0.25) is 4.79 Å². The fourth-order valence-electron chi connectivity index (χ4n) is 1.54. The summed E-state index contributed by atoms with van der Waals surface area (Å²) >= 11 is 0. The molecular formula is C14H20F2N2O. The zero-order chi connectivity index (χ0) is 14.6. The Morgan fingerprint density at radius 1 is 1.32 bits per heavy atom. The molecule has 2 unspecified atom stereocenters. The number of aryl methyl sites for hydroxylation is 1. The standard InChI is InChI=1S/C14H20F2N2O/c1-5-9(3)17-14(19)10(4)18-13-11(15)7-6-8(2)12(13)16/h6-7,9-10,18H,5H2,1-4H3,(H,17,19). The molecule has 0 spiro atoms. The first-order valence-electron chi connectivity index (χ1n) is 6.38. The van der Waals surface area contributed by atoms with E-state index in [9.17, 15) is 13.6 Å². The first-order chi connectivity index (χ1) is 8.86. The summed E-state index contributed by atoms with van der Waals surface area (Å²) in [5, 5.41) is 5.34. The lowest BCUT2D eigenvalue weighted by Crippen LogP contribution is -2.42. The SMILES string of the molecule is CCC(C)NC(=O)C(C)Nc1c(F)ccc(C)c1F. The van der Waals surface area contributed by atoms with Crippen molar-refractivity contribution in [2.45, 2.75) is 46.2 Å². The molecule has 0 bridgehead atoms. The van der Waals surface area contributed by atoms with Gasteiger partial charge in [0.05, 0.1) is 0 Å². The van der Waals surface area contributed by atoms with E-state index in [2.05, 4.69) is 10.6 Å². The van der Waals surface area contributed by atoms with Crippen LogP contribution in [0.2, 0.25) is 0 Å². The van der Waals surface area contributed by atoms with E-state index in [1.807, 2.05) is 13.8 Å². The third-order valence-electron chi connectivity index (χ3n) is 3.04. The second kappa shape index (κ2) is 6.50. The van der Waals surface area contributed by atoms with Gasteiger partial charge in [-0.25, -0.2) is 8.78 Å². The molecule has 106 valence electrons. The number of hydrogen-bond acceptors (Lipinski definition) is 2. The third kappa shape index (κ3) is 3.91. The summed E-state index contributed by atoms with van der Waals surface area (Å²) in [4.78, 5) is 11.8. The molecule has 1 aromatic carbocycles. The van der Waals surface area contributed by atoms with Crippen LogP contribution in [0, 0.1) is 18.6 Å². The normalized spacial score (nSPS) is 13.8. The molecule has 0 aliphatic rings. The zero-order valence-corrected chi connectivity index (χ0v) is 11.7. The van der Waals surface area contributed by atoms with Crippen molar-refractivity contribution in [2.24, 2.45) is 0 Å². The Bertz CT molecular complexity index is 463. The summed E-state index contributed by atoms with van der Waals surface area (Å²) in [5.74, 6) is -1.65. The average Bonchev–Trinajstić information content (AvgIpc) is 2.38. The van der Waals surface area contributed by atoms with Gasteiger partial charge in [0.2, 0.25) is 5.91 Å². The van der Waals surface area contributed by atoms with Crippen molar-refractivity contribution in [3.05, 3.63) is 29.3 Å². The number of anilines is 1. The van der Waals surface area contributed by atoms with Crippen molar-refractivity contribution in [1.29, 1.82) is 0 Å². The van der Waals surface area contributed by atoms with E-state index in [1.165, 1.54) is 12.1 Å². The minimum atomic E-state index is -0.709. The van der Waals surface area contributed by atoms with Gasteiger partial charge < -0.3 is 10.6 Å². The molecule has 0 radical (unpaired) electrons. The number of carbonyl (C=O) groups excluding carboxylic acids is 1. The van der Waals surface area contributed by atoms with Gasteiger partial charge in [0.1, 0.15) is 17.5 Å². The van der Waals surface area contributed by atoms with E-state index in [-0.39, 0.29) is 17.6 Å². The monoisotopic (exact) mass is 270 g/mol. The molecule has 0 saturated carbocycles. The van der Waals surface area contributed by atoms with Crippen LogP contribution in [0.3, 0.4) is 0 Å². The Kier molecular flexibility index (Phi) is 5.27. The Balaban J connectivity index is 2.80. The predicted molar refractivity (Wildman–Crippen MR) is 72.1 cm³/mol. The molecule has 2 atom stereocenters. The molecule has 0 fully saturated rings. The van der Waals surface area contributed by atoms with Crippen LogP contribution >= 0.6 is 0 Å². The maximum Gasteiger partial charge on any atom is 0.242 e. The van der Waals surface area contributed by atoms with E-state index in [4.69, 9.17) is 0 Å². The first-order valence-corrected chi connectivity index (χ1v) is 6.38. The van der Waals surface area contributed by atoms with Crippen molar-refractivity contribution < 1.29 is 13.6 Å². The second-order valence-corrected chi connectivity index (χ2v) is 4.74. The fourth-order valence-corrected chi connectivity index (χ4v) is 1.54. The number of hydrogen-bond donors (Lipinski definition) is 2. The summed E-state index contributed by atoms with van der Waals surface area (Å²) in [7, 11) is 0. The van der Waals surface area contributed by atoms with Crippen LogP contribution in [-0.4, -0.2) is 18.0 Å². The lowest BCUT2D eigenvalue weighted by Gasteiger charge is -2.19. The van der Waals surface area contributed by atoms with Gasteiger partial charge in [-0.15, -0.1) is 0 Å². The highest BCUT2D eigenvalue weighted by molar-refractivity contribution is 5.84. The van der Waals surface area contributed by atoms with Gasteiger partial charge >= 0.3 is 0 Å². The van der Waals surface area contributed by atoms with Crippen molar-refractivity contribution in [3.8, 4) is 0 Å². The molecule has 0 saturated heterocycles. The molecule has 0 aliphatic heterocycles. The second-order valence-electron chi connectivity index (χ2n) is 4.74. The van der Waals surface area contributed by atoms with Gasteiger partial charge in [-0.05, 0) is 38.8 Å². The van der Waals surface area contributed by atoms with Crippen LogP contribution in [-0.2, 0) is 4.79 Å². The lowest BCUT2D eigenvalue weighted by atomic mass is 10.1. The van der Waals surface area contributed by atoms with Crippen molar-refractivity contribution in [3.63, 3.8) is 0 Å². The summed E-state index contributed by atoms with van der Waals surface area (Å²) in [5.41, 5.74) is 0.0743. The number of carbonyl (C=O) groups is 1. The topological polar surface area (TPSA) is 41.1 Å². The summed E-state index contributed by atoms with van der Waals surface area (Å²) in [6, 6.07) is 1.86. The van der Waals surface area contributed by atoms with Gasteiger partial charge in [0.15, 0.2) is 5.82 Å². The van der Waals surface area contributed by atoms with Crippen LogP contribution in [0.25, 0.3) is 0 Å². The van der Waals surface area contributed by atoms with Crippen LogP contribution in [0.1, 0.15) is 32.8 Å². The molecule has 1 rings (SSSR count). The molecule has 1 amide bonds. The van der Waals surface area contributed by atoms with Gasteiger partial charge in [0, 0.05) is 6.04 Å². The van der Waals surface area contributed by atoms with E-state index >= 15 is 0 Å². The molecule has 0 aromatic heterocycles. The van der Waals surface area contributed by atoms with Crippen LogP contribution in [0.5, 0.6) is 0 Å². The highest BCUT2D eigenvalue weighted by Gasteiger charge is 2.19. The predicted octanol–water partition coefficient (Wildman–Crippen LogP) is 2.99. The largest absolute Gasteiger partial charge is 0.369 e. The number of halogens is 2. The third-order valence-corrected chi connectivity index (χ3v) is 3.04. The summed E-state index contributed by atoms with van der Waals surface area (Å²) in [6.07, 6.45) is 0.797. The van der Waals surface area contributed by atoms with E-state index in [0.717, 1.165) is 6.42 Å².